The van der Waals surface area contributed by atoms with Gasteiger partial charge in [0.1, 0.15) is 0 Å². The van der Waals surface area contributed by atoms with Crippen LogP contribution in [-0.2, 0) is 14.3 Å². The summed E-state index contributed by atoms with van der Waals surface area (Å²) < 4.78 is 8.93. The van der Waals surface area contributed by atoms with E-state index in [9.17, 15) is 4.79 Å². The number of rotatable bonds is 5. The third-order valence-corrected chi connectivity index (χ3v) is 0.950. The highest BCUT2D eigenvalue weighted by molar-refractivity contribution is 5.73. The molecule has 0 aliphatic rings. The Kier molecular flexibility index (Phi) is 4.02. The summed E-state index contributed by atoms with van der Waals surface area (Å²) in [5, 5.41) is 17.4. The van der Waals surface area contributed by atoms with Crippen molar-refractivity contribution in [3.8, 4) is 0 Å². The molecule has 0 saturated carbocycles. The summed E-state index contributed by atoms with van der Waals surface area (Å²) in [6.45, 7) is 3.27. The lowest BCUT2D eigenvalue weighted by atomic mass is 10.5. The summed E-state index contributed by atoms with van der Waals surface area (Å²) >= 11 is 0. The molecule has 0 aromatic carbocycles. The number of carbonyl (C=O) groups is 1. The molecular formula is C6H12O5. The van der Waals surface area contributed by atoms with Crippen LogP contribution < -0.4 is 0 Å². The van der Waals surface area contributed by atoms with Crippen molar-refractivity contribution in [3.63, 3.8) is 0 Å². The molecule has 0 spiro atoms. The Morgan fingerprint density at radius 3 is 1.91 bits per heavy atom. The van der Waals surface area contributed by atoms with Gasteiger partial charge in [-0.1, -0.05) is 0 Å². The molecule has 0 aliphatic heterocycles. The minimum Gasteiger partial charge on any atom is -0.475 e. The maximum Gasteiger partial charge on any atom is 0.395 e. The van der Waals surface area contributed by atoms with E-state index >= 15 is 0 Å². The van der Waals surface area contributed by atoms with Crippen molar-refractivity contribution >= 4 is 5.97 Å². The Morgan fingerprint density at radius 2 is 1.73 bits per heavy atom. The van der Waals surface area contributed by atoms with E-state index in [1.165, 1.54) is 0 Å². The van der Waals surface area contributed by atoms with Gasteiger partial charge in [-0.15, -0.1) is 0 Å². The SMILES string of the molecule is CCOC(O)(OCC)C(=O)O. The van der Waals surface area contributed by atoms with Crippen LogP contribution in [0, 0.1) is 0 Å². The van der Waals surface area contributed by atoms with Gasteiger partial charge < -0.3 is 19.7 Å². The molecule has 0 amide bonds. The molecule has 0 fully saturated rings. The Morgan fingerprint density at radius 1 is 1.36 bits per heavy atom. The number of ether oxygens (including phenoxy) is 2. The normalized spacial score (nSPS) is 11.5. The fourth-order valence-electron chi connectivity index (χ4n) is 0.556. The van der Waals surface area contributed by atoms with E-state index < -0.39 is 11.9 Å². The van der Waals surface area contributed by atoms with Crippen LogP contribution in [-0.4, -0.2) is 35.4 Å². The van der Waals surface area contributed by atoms with E-state index in [0.717, 1.165) is 0 Å². The third-order valence-electron chi connectivity index (χ3n) is 0.950. The molecular weight excluding hydrogens is 152 g/mol. The molecule has 0 aromatic rings. The Bertz CT molecular complexity index is 127. The molecule has 5 heteroatoms. The van der Waals surface area contributed by atoms with Gasteiger partial charge in [0.05, 0.1) is 13.2 Å². The topological polar surface area (TPSA) is 76.0 Å². The second kappa shape index (κ2) is 4.27. The lowest BCUT2D eigenvalue weighted by Crippen LogP contribution is -2.44. The van der Waals surface area contributed by atoms with E-state index in [4.69, 9.17) is 10.2 Å². The monoisotopic (exact) mass is 164 g/mol. The van der Waals surface area contributed by atoms with Gasteiger partial charge in [-0.25, -0.2) is 4.79 Å². The van der Waals surface area contributed by atoms with Crippen LogP contribution in [0.1, 0.15) is 13.8 Å². The molecule has 11 heavy (non-hydrogen) atoms. The van der Waals surface area contributed by atoms with Gasteiger partial charge in [0.25, 0.3) is 0 Å². The van der Waals surface area contributed by atoms with Crippen molar-refractivity contribution in [2.75, 3.05) is 13.2 Å². The smallest absolute Gasteiger partial charge is 0.395 e. The molecule has 5 nitrogen and oxygen atoms in total. The largest absolute Gasteiger partial charge is 0.475 e. The van der Waals surface area contributed by atoms with Crippen LogP contribution in [0.2, 0.25) is 0 Å². The zero-order chi connectivity index (χ0) is 8.91. The number of hydrogen-bond donors (Lipinski definition) is 2. The fraction of sp³-hybridized carbons (Fsp3) is 0.833. The molecule has 0 bridgehead atoms. The second-order valence-corrected chi connectivity index (χ2v) is 1.75. The first-order chi connectivity index (χ1) is 5.06. The van der Waals surface area contributed by atoms with Crippen LogP contribution >= 0.6 is 0 Å². The molecule has 0 saturated heterocycles. The third kappa shape index (κ3) is 2.83. The van der Waals surface area contributed by atoms with Crippen LogP contribution in [0.4, 0.5) is 0 Å². The predicted octanol–water partition coefficient (Wildman–Crippen LogP) is -0.210. The predicted molar refractivity (Wildman–Crippen MR) is 35.8 cm³/mol. The summed E-state index contributed by atoms with van der Waals surface area (Å²) in [6, 6.07) is 0. The summed E-state index contributed by atoms with van der Waals surface area (Å²) in [7, 11) is 0. The fourth-order valence-corrected chi connectivity index (χ4v) is 0.556. The van der Waals surface area contributed by atoms with E-state index in [2.05, 4.69) is 9.47 Å². The van der Waals surface area contributed by atoms with E-state index in [1.807, 2.05) is 0 Å². The van der Waals surface area contributed by atoms with Gasteiger partial charge in [0.2, 0.25) is 0 Å². The highest BCUT2D eigenvalue weighted by atomic mass is 16.8. The van der Waals surface area contributed by atoms with E-state index in [0.29, 0.717) is 0 Å². The molecule has 2 N–H and O–H groups in total. The summed E-state index contributed by atoms with van der Waals surface area (Å²) in [6.07, 6.45) is 0. The first-order valence-electron chi connectivity index (χ1n) is 3.30. The van der Waals surface area contributed by atoms with Crippen LogP contribution in [0.5, 0.6) is 0 Å². The molecule has 0 unspecified atom stereocenters. The van der Waals surface area contributed by atoms with Crippen molar-refractivity contribution < 1.29 is 24.5 Å². The molecule has 0 rings (SSSR count). The summed E-state index contributed by atoms with van der Waals surface area (Å²) in [4.78, 5) is 10.3. The molecule has 0 aromatic heterocycles. The molecule has 0 radical (unpaired) electrons. The minimum atomic E-state index is -2.48. The van der Waals surface area contributed by atoms with E-state index in [-0.39, 0.29) is 13.2 Å². The van der Waals surface area contributed by atoms with Crippen LogP contribution in [0.3, 0.4) is 0 Å². The van der Waals surface area contributed by atoms with Gasteiger partial charge in [-0.2, -0.15) is 0 Å². The molecule has 0 aliphatic carbocycles. The van der Waals surface area contributed by atoms with Crippen LogP contribution in [0.25, 0.3) is 0 Å². The van der Waals surface area contributed by atoms with Crippen molar-refractivity contribution in [2.24, 2.45) is 0 Å². The Labute approximate surface area is 64.5 Å². The standard InChI is InChI=1S/C6H12O5/c1-3-10-6(9,5(7)8)11-4-2/h9H,3-4H2,1-2H3,(H,7,8). The number of carboxylic acid groups (broad SMARTS) is 1. The van der Waals surface area contributed by atoms with Gasteiger partial charge in [-0.3, -0.25) is 0 Å². The maximum absolute atomic E-state index is 10.3. The Hall–Kier alpha value is -0.650. The minimum absolute atomic E-state index is 0.0722. The highest BCUT2D eigenvalue weighted by Crippen LogP contribution is 2.08. The average Bonchev–Trinajstić information content (AvgIpc) is 1.88. The quantitative estimate of drug-likeness (QED) is 0.550. The molecule has 0 atom stereocenters. The number of aliphatic hydroxyl groups is 1. The summed E-state index contributed by atoms with van der Waals surface area (Å²) in [5.41, 5.74) is 0. The average molecular weight is 164 g/mol. The highest BCUT2D eigenvalue weighted by Gasteiger charge is 2.38. The number of carboxylic acids is 1. The lowest BCUT2D eigenvalue weighted by Gasteiger charge is -2.21. The van der Waals surface area contributed by atoms with Crippen LogP contribution in [0.15, 0.2) is 0 Å². The van der Waals surface area contributed by atoms with Crippen molar-refractivity contribution in [3.05, 3.63) is 0 Å². The molecule has 0 heterocycles. The second-order valence-electron chi connectivity index (χ2n) is 1.75. The summed E-state index contributed by atoms with van der Waals surface area (Å²) in [5.74, 6) is -4.02. The van der Waals surface area contributed by atoms with Gasteiger partial charge in [0.15, 0.2) is 0 Å². The zero-order valence-corrected chi connectivity index (χ0v) is 6.53. The zero-order valence-electron chi connectivity index (χ0n) is 6.53. The number of hydrogen-bond acceptors (Lipinski definition) is 4. The van der Waals surface area contributed by atoms with Crippen molar-refractivity contribution in [1.82, 2.24) is 0 Å². The van der Waals surface area contributed by atoms with Crippen molar-refractivity contribution in [2.45, 2.75) is 19.8 Å². The van der Waals surface area contributed by atoms with Gasteiger partial charge >= 0.3 is 11.9 Å². The number of aliphatic carboxylic acids is 1. The first-order valence-corrected chi connectivity index (χ1v) is 3.30. The van der Waals surface area contributed by atoms with Gasteiger partial charge in [-0.05, 0) is 13.8 Å². The Balaban J connectivity index is 4.13. The molecule has 66 valence electrons. The lowest BCUT2D eigenvalue weighted by molar-refractivity contribution is -0.340. The first kappa shape index (κ1) is 10.3. The van der Waals surface area contributed by atoms with E-state index in [1.54, 1.807) is 13.8 Å². The maximum atomic E-state index is 10.3. The van der Waals surface area contributed by atoms with Gasteiger partial charge in [0, 0.05) is 0 Å². The van der Waals surface area contributed by atoms with Crippen molar-refractivity contribution in [1.29, 1.82) is 0 Å².